The molecule has 8 nitrogen and oxygen atoms in total. The number of hydrogen-bond acceptors (Lipinski definition) is 7. The van der Waals surface area contributed by atoms with Gasteiger partial charge in [-0.1, -0.05) is 18.2 Å². The van der Waals surface area contributed by atoms with E-state index < -0.39 is 30.4 Å². The van der Waals surface area contributed by atoms with Crippen molar-refractivity contribution in [1.82, 2.24) is 0 Å². The van der Waals surface area contributed by atoms with Crippen LogP contribution in [-0.2, 0) is 9.53 Å². The van der Waals surface area contributed by atoms with Crippen LogP contribution in [0, 0.1) is 0 Å². The maximum absolute atomic E-state index is 13.0. The fourth-order valence-electron chi connectivity index (χ4n) is 2.64. The van der Waals surface area contributed by atoms with Gasteiger partial charge in [-0.15, -0.1) is 8.78 Å². The van der Waals surface area contributed by atoms with E-state index in [1.165, 1.54) is 18.2 Å². The van der Waals surface area contributed by atoms with Crippen molar-refractivity contribution in [2.45, 2.75) is 6.29 Å². The van der Waals surface area contributed by atoms with Crippen molar-refractivity contribution >= 4 is 28.5 Å². The number of amides is 1. The van der Waals surface area contributed by atoms with Crippen molar-refractivity contribution in [1.29, 1.82) is 0 Å². The summed E-state index contributed by atoms with van der Waals surface area (Å²) >= 11 is 0. The second-order valence-electron chi connectivity index (χ2n) is 5.94. The minimum Gasteiger partial charge on any atom is -0.452 e. The van der Waals surface area contributed by atoms with E-state index in [2.05, 4.69) is 14.8 Å². The molecule has 148 valence electrons. The summed E-state index contributed by atoms with van der Waals surface area (Å²) in [6.45, 7) is -0.713. The monoisotopic (exact) mass is 403 g/mol. The minimum absolute atomic E-state index is 0.122. The van der Waals surface area contributed by atoms with Gasteiger partial charge in [0.25, 0.3) is 5.91 Å². The van der Waals surface area contributed by atoms with E-state index in [0.717, 1.165) is 6.07 Å². The van der Waals surface area contributed by atoms with Crippen LogP contribution >= 0.6 is 0 Å². The number of halogens is 2. The van der Waals surface area contributed by atoms with Crippen LogP contribution < -0.4 is 20.4 Å². The highest BCUT2D eigenvalue weighted by Gasteiger charge is 2.43. The maximum atomic E-state index is 13.0. The zero-order chi connectivity index (χ0) is 20.6. The predicted octanol–water partition coefficient (Wildman–Crippen LogP) is 2.91. The van der Waals surface area contributed by atoms with Crippen molar-refractivity contribution in [2.75, 3.05) is 11.9 Å². The highest BCUT2D eigenvalue weighted by Crippen LogP contribution is 2.42. The molecule has 1 aromatic heterocycles. The van der Waals surface area contributed by atoms with Crippen LogP contribution in [0.2, 0.25) is 0 Å². The van der Waals surface area contributed by atoms with Gasteiger partial charge in [-0.2, -0.15) is 0 Å². The quantitative estimate of drug-likeness (QED) is 0.528. The number of hydrogen-bond donors (Lipinski definition) is 1. The first-order valence-corrected chi connectivity index (χ1v) is 8.20. The summed E-state index contributed by atoms with van der Waals surface area (Å²) in [7, 11) is 0. The van der Waals surface area contributed by atoms with Crippen molar-refractivity contribution < 1.29 is 37.0 Å². The number of benzene rings is 2. The molecule has 1 N–H and O–H groups in total. The summed E-state index contributed by atoms with van der Waals surface area (Å²) in [5, 5.41) is 2.87. The molecule has 1 aliphatic heterocycles. The second kappa shape index (κ2) is 6.89. The standard InChI is InChI=1S/C19H11F2NO7/c20-19(21)28-14-6-5-11(8-15(14)29-19)22-16(23)9-26-17(24)12-7-10-3-1-2-4-13(10)27-18(12)25/h1-8H,9H2,(H,22,23). The zero-order valence-corrected chi connectivity index (χ0v) is 14.4. The van der Waals surface area contributed by atoms with Gasteiger partial charge in [0.1, 0.15) is 11.1 Å². The van der Waals surface area contributed by atoms with E-state index in [1.807, 2.05) is 0 Å². The Morgan fingerprint density at radius 3 is 2.62 bits per heavy atom. The molecule has 2 aromatic carbocycles. The van der Waals surface area contributed by atoms with Gasteiger partial charge in [-0.05, 0) is 24.3 Å². The van der Waals surface area contributed by atoms with Gasteiger partial charge in [-0.25, -0.2) is 9.59 Å². The largest absolute Gasteiger partial charge is 0.586 e. The van der Waals surface area contributed by atoms with E-state index in [9.17, 15) is 23.2 Å². The number of esters is 1. The Hall–Kier alpha value is -3.95. The Kier molecular flexibility index (Phi) is 4.38. The third-order valence-corrected chi connectivity index (χ3v) is 3.88. The van der Waals surface area contributed by atoms with Gasteiger partial charge in [0.15, 0.2) is 18.1 Å². The first kappa shape index (κ1) is 18.4. The third-order valence-electron chi connectivity index (χ3n) is 3.88. The lowest BCUT2D eigenvalue weighted by molar-refractivity contribution is -0.286. The average Bonchev–Trinajstić information content (AvgIpc) is 2.98. The molecule has 0 bridgehead atoms. The Morgan fingerprint density at radius 1 is 1.03 bits per heavy atom. The maximum Gasteiger partial charge on any atom is 0.586 e. The fraction of sp³-hybridized carbons (Fsp3) is 0.105. The molecule has 0 fully saturated rings. The molecule has 0 saturated carbocycles. The first-order valence-electron chi connectivity index (χ1n) is 8.20. The highest BCUT2D eigenvalue weighted by atomic mass is 19.3. The molecule has 0 unspecified atom stereocenters. The molecule has 0 atom stereocenters. The topological polar surface area (TPSA) is 104 Å². The lowest BCUT2D eigenvalue weighted by atomic mass is 10.2. The Morgan fingerprint density at radius 2 is 1.79 bits per heavy atom. The Labute approximate surface area is 160 Å². The second-order valence-corrected chi connectivity index (χ2v) is 5.94. The summed E-state index contributed by atoms with van der Waals surface area (Å²) in [6.07, 6.45) is -3.78. The zero-order valence-electron chi connectivity index (χ0n) is 14.4. The lowest BCUT2D eigenvalue weighted by Crippen LogP contribution is -2.26. The van der Waals surface area contributed by atoms with E-state index in [0.29, 0.717) is 11.0 Å². The van der Waals surface area contributed by atoms with Crippen LogP contribution in [0.25, 0.3) is 11.0 Å². The summed E-state index contributed by atoms with van der Waals surface area (Å²) in [5.41, 5.74) is -0.830. The van der Waals surface area contributed by atoms with Gasteiger partial charge in [0.2, 0.25) is 0 Å². The van der Waals surface area contributed by atoms with Gasteiger partial charge in [-0.3, -0.25) is 4.79 Å². The Balaban J connectivity index is 1.40. The molecule has 0 aliphatic carbocycles. The number of nitrogens with one attached hydrogen (secondary N) is 1. The molecule has 0 saturated heterocycles. The van der Waals surface area contributed by atoms with E-state index >= 15 is 0 Å². The number of rotatable bonds is 4. The van der Waals surface area contributed by atoms with E-state index in [1.54, 1.807) is 24.3 Å². The van der Waals surface area contributed by atoms with Gasteiger partial charge < -0.3 is 23.9 Å². The van der Waals surface area contributed by atoms with Crippen molar-refractivity contribution in [3.8, 4) is 11.5 Å². The van der Waals surface area contributed by atoms with Gasteiger partial charge in [0.05, 0.1) is 0 Å². The van der Waals surface area contributed by atoms with Crippen molar-refractivity contribution in [2.24, 2.45) is 0 Å². The molecular weight excluding hydrogens is 392 g/mol. The third kappa shape index (κ3) is 3.86. The fourth-order valence-corrected chi connectivity index (χ4v) is 2.64. The van der Waals surface area contributed by atoms with Gasteiger partial charge in [0, 0.05) is 17.1 Å². The normalized spacial score (nSPS) is 13.9. The molecule has 10 heteroatoms. The molecule has 4 rings (SSSR count). The average molecular weight is 403 g/mol. The smallest absolute Gasteiger partial charge is 0.452 e. The number of para-hydroxylation sites is 1. The summed E-state index contributed by atoms with van der Waals surface area (Å²) in [4.78, 5) is 36.0. The van der Waals surface area contributed by atoms with Crippen LogP contribution in [0.1, 0.15) is 10.4 Å². The highest BCUT2D eigenvalue weighted by molar-refractivity contribution is 5.96. The van der Waals surface area contributed by atoms with Crippen LogP contribution in [0.5, 0.6) is 11.5 Å². The number of carbonyl (C=O) groups excluding carboxylic acids is 2. The van der Waals surface area contributed by atoms with Crippen molar-refractivity contribution in [3.05, 3.63) is 64.5 Å². The molecule has 1 amide bonds. The predicted molar refractivity (Wildman–Crippen MR) is 94.0 cm³/mol. The SMILES string of the molecule is O=C(COC(=O)c1cc2ccccc2oc1=O)Nc1ccc2c(c1)OC(F)(F)O2. The van der Waals surface area contributed by atoms with Gasteiger partial charge >= 0.3 is 17.9 Å². The van der Waals surface area contributed by atoms with Crippen LogP contribution in [0.15, 0.2) is 57.7 Å². The van der Waals surface area contributed by atoms with Crippen LogP contribution in [-0.4, -0.2) is 24.8 Å². The van der Waals surface area contributed by atoms with Crippen molar-refractivity contribution in [3.63, 3.8) is 0 Å². The van der Waals surface area contributed by atoms with E-state index in [-0.39, 0.29) is 22.7 Å². The lowest BCUT2D eigenvalue weighted by Gasteiger charge is -2.07. The summed E-state index contributed by atoms with van der Waals surface area (Å²) < 4.78 is 44.4. The summed E-state index contributed by atoms with van der Waals surface area (Å²) in [5.74, 6) is -2.22. The number of ether oxygens (including phenoxy) is 3. The molecule has 1 aliphatic rings. The number of anilines is 1. The van der Waals surface area contributed by atoms with E-state index in [4.69, 9.17) is 9.15 Å². The van der Waals surface area contributed by atoms with Crippen LogP contribution in [0.3, 0.4) is 0 Å². The number of carbonyl (C=O) groups is 2. The Bertz CT molecular complexity index is 1190. The summed E-state index contributed by atoms with van der Waals surface area (Å²) in [6, 6.07) is 11.5. The number of alkyl halides is 2. The molecule has 0 spiro atoms. The molecule has 0 radical (unpaired) electrons. The molecule has 3 aromatic rings. The molecule has 2 heterocycles. The number of fused-ring (bicyclic) bond motifs is 2. The first-order chi connectivity index (χ1) is 13.8. The van der Waals surface area contributed by atoms with Crippen LogP contribution in [0.4, 0.5) is 14.5 Å². The minimum atomic E-state index is -3.78. The molecule has 29 heavy (non-hydrogen) atoms. The molecular formula is C19H11F2NO7.